The number of nitro groups is 1. The van der Waals surface area contributed by atoms with Gasteiger partial charge in [-0.1, -0.05) is 17.8 Å². The summed E-state index contributed by atoms with van der Waals surface area (Å²) in [6.45, 7) is 1.42. The van der Waals surface area contributed by atoms with Crippen LogP contribution < -0.4 is 10.1 Å². The van der Waals surface area contributed by atoms with Crippen LogP contribution >= 0.6 is 11.8 Å². The third-order valence-corrected chi connectivity index (χ3v) is 5.48. The van der Waals surface area contributed by atoms with Gasteiger partial charge in [-0.3, -0.25) is 19.8 Å². The van der Waals surface area contributed by atoms with Crippen LogP contribution in [0.3, 0.4) is 0 Å². The molecule has 1 unspecified atom stereocenters. The number of urea groups is 1. The van der Waals surface area contributed by atoms with Gasteiger partial charge in [0, 0.05) is 12.1 Å². The number of hydrogen-bond donors (Lipinski definition) is 1. The topological polar surface area (TPSA) is 102 Å². The Kier molecular flexibility index (Phi) is 5.92. The van der Waals surface area contributed by atoms with Crippen LogP contribution in [0, 0.1) is 10.1 Å². The lowest BCUT2D eigenvalue weighted by Gasteiger charge is -2.22. The molecular weight excluding hydrogens is 420 g/mol. The normalized spacial score (nSPS) is 18.6. The van der Waals surface area contributed by atoms with Crippen molar-refractivity contribution in [3.8, 4) is 5.75 Å². The Morgan fingerprint density at radius 1 is 1.23 bits per heavy atom. The second-order valence-electron chi connectivity index (χ2n) is 6.61. The molecule has 0 spiro atoms. The average molecular weight is 437 g/mol. The van der Waals surface area contributed by atoms with Crippen LogP contribution in [-0.2, 0) is 16.9 Å². The Labute approximate surface area is 174 Å². The van der Waals surface area contributed by atoms with E-state index < -0.39 is 28.2 Å². The number of non-ortho nitro benzene ring substituents is 1. The molecule has 11 heteroatoms. The highest BCUT2D eigenvalue weighted by Crippen LogP contribution is 2.35. The molecular formula is C19H17F2N3O5S. The summed E-state index contributed by atoms with van der Waals surface area (Å²) in [6, 6.07) is 9.19. The molecule has 2 aromatic carbocycles. The molecule has 3 amide bonds. The van der Waals surface area contributed by atoms with Gasteiger partial charge in [0.25, 0.3) is 17.4 Å². The highest BCUT2D eigenvalue weighted by molar-refractivity contribution is 7.99. The maximum Gasteiger partial charge on any atom is 0.325 e. The van der Waals surface area contributed by atoms with Crippen molar-refractivity contribution in [2.75, 3.05) is 7.11 Å². The minimum atomic E-state index is -2.61. The van der Waals surface area contributed by atoms with Crippen molar-refractivity contribution in [2.24, 2.45) is 0 Å². The fraction of sp³-hybridized carbons (Fsp3) is 0.263. The van der Waals surface area contributed by atoms with Crippen molar-refractivity contribution in [3.63, 3.8) is 0 Å². The predicted molar refractivity (Wildman–Crippen MR) is 104 cm³/mol. The number of halogens is 2. The third kappa shape index (κ3) is 4.06. The third-order valence-electron chi connectivity index (χ3n) is 4.72. The molecule has 3 rings (SSSR count). The number of amides is 3. The summed E-state index contributed by atoms with van der Waals surface area (Å²) in [7, 11) is 1.34. The Morgan fingerprint density at radius 3 is 2.47 bits per heavy atom. The number of imide groups is 1. The van der Waals surface area contributed by atoms with E-state index in [9.17, 15) is 28.5 Å². The summed E-state index contributed by atoms with van der Waals surface area (Å²) in [6.07, 6.45) is 0. The van der Waals surface area contributed by atoms with Crippen molar-refractivity contribution in [1.29, 1.82) is 0 Å². The number of rotatable bonds is 7. The number of nitro benzene ring substituents is 1. The SMILES string of the molecule is COc1cc(CN2C(=O)NC(C)(c3ccc([N+](=O)[O-])cc3)C2=O)ccc1SC(F)F. The van der Waals surface area contributed by atoms with E-state index in [0.717, 1.165) is 4.90 Å². The highest BCUT2D eigenvalue weighted by atomic mass is 32.2. The first kappa shape index (κ1) is 21.5. The molecule has 1 N–H and O–H groups in total. The van der Waals surface area contributed by atoms with Crippen molar-refractivity contribution >= 4 is 29.4 Å². The first-order valence-corrected chi connectivity index (χ1v) is 9.54. The summed E-state index contributed by atoms with van der Waals surface area (Å²) in [5.41, 5.74) is -0.608. The maximum absolute atomic E-state index is 13.0. The lowest BCUT2D eigenvalue weighted by molar-refractivity contribution is -0.384. The average Bonchev–Trinajstić information content (AvgIpc) is 2.92. The summed E-state index contributed by atoms with van der Waals surface area (Å²) in [5, 5.41) is 13.4. The Morgan fingerprint density at radius 2 is 1.90 bits per heavy atom. The van der Waals surface area contributed by atoms with Gasteiger partial charge in [0.05, 0.1) is 23.5 Å². The minimum absolute atomic E-state index is 0.0940. The Hall–Kier alpha value is -3.21. The van der Waals surface area contributed by atoms with Gasteiger partial charge in [-0.2, -0.15) is 8.78 Å². The zero-order valence-corrected chi connectivity index (χ0v) is 16.7. The van der Waals surface area contributed by atoms with E-state index in [1.807, 2.05) is 0 Å². The van der Waals surface area contributed by atoms with E-state index in [0.29, 0.717) is 22.9 Å². The number of hydrogen-bond acceptors (Lipinski definition) is 6. The molecule has 30 heavy (non-hydrogen) atoms. The number of nitrogens with zero attached hydrogens (tertiary/aromatic N) is 2. The minimum Gasteiger partial charge on any atom is -0.496 e. The Bertz CT molecular complexity index is 1000. The summed E-state index contributed by atoms with van der Waals surface area (Å²) >= 11 is 0.336. The van der Waals surface area contributed by atoms with Crippen LogP contribution in [0.15, 0.2) is 47.4 Å². The van der Waals surface area contributed by atoms with Gasteiger partial charge in [0.2, 0.25) is 0 Å². The summed E-state index contributed by atoms with van der Waals surface area (Å²) < 4.78 is 30.4. The lowest BCUT2D eigenvalue weighted by atomic mass is 9.92. The van der Waals surface area contributed by atoms with Crippen molar-refractivity contribution < 1.29 is 28.0 Å². The van der Waals surface area contributed by atoms with Crippen molar-refractivity contribution in [2.45, 2.75) is 29.7 Å². The van der Waals surface area contributed by atoms with Gasteiger partial charge in [0.1, 0.15) is 11.3 Å². The van der Waals surface area contributed by atoms with Gasteiger partial charge < -0.3 is 10.1 Å². The smallest absolute Gasteiger partial charge is 0.325 e. The van der Waals surface area contributed by atoms with Crippen LogP contribution in [0.25, 0.3) is 0 Å². The zero-order valence-electron chi connectivity index (χ0n) is 15.9. The number of ether oxygens (including phenoxy) is 1. The van der Waals surface area contributed by atoms with E-state index >= 15 is 0 Å². The standard InChI is InChI=1S/C19H17F2N3O5S/c1-19(12-4-6-13(7-5-12)24(27)28)16(25)23(18(26)22-19)10-11-3-8-15(30-17(20)21)14(9-11)29-2/h3-9,17H,10H2,1-2H3,(H,22,26). The van der Waals surface area contributed by atoms with Crippen molar-refractivity contribution in [1.82, 2.24) is 10.2 Å². The quantitative estimate of drug-likeness (QED) is 0.305. The number of nitrogens with one attached hydrogen (secondary N) is 1. The van der Waals surface area contributed by atoms with E-state index in [4.69, 9.17) is 4.74 Å². The van der Waals surface area contributed by atoms with Gasteiger partial charge in [-0.05, 0) is 42.3 Å². The fourth-order valence-electron chi connectivity index (χ4n) is 3.14. The number of alkyl halides is 2. The van der Waals surface area contributed by atoms with Crippen LogP contribution in [0.2, 0.25) is 0 Å². The molecule has 1 fully saturated rings. The number of carbonyl (C=O) groups excluding carboxylic acids is 2. The largest absolute Gasteiger partial charge is 0.496 e. The molecule has 1 saturated heterocycles. The maximum atomic E-state index is 13.0. The Balaban J connectivity index is 1.83. The van der Waals surface area contributed by atoms with E-state index in [1.165, 1.54) is 56.5 Å². The second-order valence-corrected chi connectivity index (χ2v) is 7.65. The van der Waals surface area contributed by atoms with Gasteiger partial charge in [-0.25, -0.2) is 4.79 Å². The second kappa shape index (κ2) is 8.27. The number of methoxy groups -OCH3 is 1. The molecule has 0 bridgehead atoms. The number of carbonyl (C=O) groups is 2. The molecule has 0 aromatic heterocycles. The van der Waals surface area contributed by atoms with Crippen LogP contribution in [-0.4, -0.2) is 34.6 Å². The molecule has 1 aliphatic rings. The van der Waals surface area contributed by atoms with E-state index in [1.54, 1.807) is 0 Å². The number of thioether (sulfide) groups is 1. The van der Waals surface area contributed by atoms with Crippen LogP contribution in [0.4, 0.5) is 19.3 Å². The predicted octanol–water partition coefficient (Wildman–Crippen LogP) is 3.89. The lowest BCUT2D eigenvalue weighted by Crippen LogP contribution is -2.40. The summed E-state index contributed by atoms with van der Waals surface area (Å²) in [5.74, 6) is -2.94. The van der Waals surface area contributed by atoms with Crippen LogP contribution in [0.1, 0.15) is 18.1 Å². The fourth-order valence-corrected chi connectivity index (χ4v) is 3.74. The van der Waals surface area contributed by atoms with E-state index in [2.05, 4.69) is 5.32 Å². The molecule has 0 aliphatic carbocycles. The number of benzene rings is 2. The first-order chi connectivity index (χ1) is 14.2. The zero-order chi connectivity index (χ0) is 22.1. The van der Waals surface area contributed by atoms with E-state index in [-0.39, 0.29) is 22.9 Å². The highest BCUT2D eigenvalue weighted by Gasteiger charge is 2.49. The molecule has 8 nitrogen and oxygen atoms in total. The molecule has 1 aliphatic heterocycles. The van der Waals surface area contributed by atoms with Gasteiger partial charge in [-0.15, -0.1) is 0 Å². The monoisotopic (exact) mass is 437 g/mol. The first-order valence-electron chi connectivity index (χ1n) is 8.66. The molecule has 2 aromatic rings. The molecule has 0 radical (unpaired) electrons. The molecule has 1 atom stereocenters. The van der Waals surface area contributed by atoms with Gasteiger partial charge in [0.15, 0.2) is 0 Å². The van der Waals surface area contributed by atoms with Gasteiger partial charge >= 0.3 is 6.03 Å². The summed E-state index contributed by atoms with van der Waals surface area (Å²) in [4.78, 5) is 37.0. The molecule has 158 valence electrons. The van der Waals surface area contributed by atoms with Crippen LogP contribution in [0.5, 0.6) is 5.75 Å². The van der Waals surface area contributed by atoms with Crippen molar-refractivity contribution in [3.05, 3.63) is 63.7 Å². The molecule has 1 heterocycles. The molecule has 0 saturated carbocycles.